The summed E-state index contributed by atoms with van der Waals surface area (Å²) in [6, 6.07) is 0.633. The number of esters is 1. The summed E-state index contributed by atoms with van der Waals surface area (Å²) in [6.07, 6.45) is 6.88. The van der Waals surface area contributed by atoms with Gasteiger partial charge in [0.1, 0.15) is 0 Å². The van der Waals surface area contributed by atoms with Gasteiger partial charge in [0.15, 0.2) is 12.4 Å². The summed E-state index contributed by atoms with van der Waals surface area (Å²) in [6.45, 7) is 21.9. The predicted molar refractivity (Wildman–Crippen MR) is 185 cm³/mol. The Kier molecular flexibility index (Phi) is 8.16. The highest BCUT2D eigenvalue weighted by atomic mass is 16.7. The molecule has 8 rings (SSSR count). The maximum absolute atomic E-state index is 12.6. The summed E-state index contributed by atoms with van der Waals surface area (Å²) < 4.78 is 25.8. The van der Waals surface area contributed by atoms with Crippen molar-refractivity contribution in [1.82, 2.24) is 9.80 Å². The number of likely N-dealkylation sites (N-methyl/N-ethyl adjacent to an activating group) is 1. The molecule has 5 saturated carbocycles. The highest BCUT2D eigenvalue weighted by molar-refractivity contribution is 5.66. The van der Waals surface area contributed by atoms with Gasteiger partial charge in [-0.1, -0.05) is 34.6 Å². The quantitative estimate of drug-likeness (QED) is 0.380. The molecule has 9 heteroatoms. The number of ether oxygens (including phenoxy) is 4. The van der Waals surface area contributed by atoms with E-state index in [1.54, 1.807) is 13.8 Å². The first kappa shape index (κ1) is 35.2. The van der Waals surface area contributed by atoms with Gasteiger partial charge in [-0.3, -0.25) is 9.69 Å². The van der Waals surface area contributed by atoms with Crippen molar-refractivity contribution in [2.75, 3.05) is 39.8 Å². The number of hydrogen-bond acceptors (Lipinski definition) is 9. The Hall–Kier alpha value is -0.810. The van der Waals surface area contributed by atoms with Gasteiger partial charge < -0.3 is 34.1 Å². The third-order valence-electron chi connectivity index (χ3n) is 17.0. The van der Waals surface area contributed by atoms with Gasteiger partial charge in [0.2, 0.25) is 0 Å². The van der Waals surface area contributed by atoms with Gasteiger partial charge in [0, 0.05) is 44.6 Å². The van der Waals surface area contributed by atoms with Gasteiger partial charge in [0.05, 0.1) is 36.6 Å². The molecule has 5 aliphatic carbocycles. The van der Waals surface area contributed by atoms with Crippen molar-refractivity contribution in [3.63, 3.8) is 0 Å². The lowest BCUT2D eigenvalue weighted by atomic mass is 9.41. The van der Waals surface area contributed by atoms with Crippen LogP contribution in [0.25, 0.3) is 0 Å². The summed E-state index contributed by atoms with van der Waals surface area (Å²) in [4.78, 5) is 17.1. The number of aliphatic hydroxyl groups is 2. The number of hydrogen-bond donors (Lipinski definition) is 2. The van der Waals surface area contributed by atoms with E-state index in [1.807, 2.05) is 0 Å². The molecule has 2 N–H and O–H groups in total. The van der Waals surface area contributed by atoms with Crippen LogP contribution in [0.3, 0.4) is 0 Å². The average molecular weight is 687 g/mol. The number of carbonyl (C=O) groups is 1. The van der Waals surface area contributed by atoms with Crippen LogP contribution in [0.1, 0.15) is 107 Å². The molecule has 9 nitrogen and oxygen atoms in total. The van der Waals surface area contributed by atoms with Crippen molar-refractivity contribution >= 4 is 5.97 Å². The van der Waals surface area contributed by atoms with Gasteiger partial charge in [-0.25, -0.2) is 0 Å². The number of likely N-dealkylation sites (tertiary alicyclic amines) is 1. The van der Waals surface area contributed by atoms with Crippen molar-refractivity contribution in [1.29, 1.82) is 0 Å². The van der Waals surface area contributed by atoms with E-state index in [2.05, 4.69) is 51.5 Å². The van der Waals surface area contributed by atoms with Crippen LogP contribution in [0.5, 0.6) is 0 Å². The minimum absolute atomic E-state index is 0.0467. The number of morpholine rings is 1. The Labute approximate surface area is 295 Å². The molecule has 0 aromatic carbocycles. The smallest absolute Gasteiger partial charge is 0.303 e. The highest BCUT2D eigenvalue weighted by Gasteiger charge is 2.84. The maximum Gasteiger partial charge on any atom is 0.303 e. The maximum atomic E-state index is 12.6. The fourth-order valence-corrected chi connectivity index (χ4v) is 14.7. The lowest BCUT2D eigenvalue weighted by Crippen LogP contribution is -2.62. The van der Waals surface area contributed by atoms with E-state index >= 15 is 0 Å². The van der Waals surface area contributed by atoms with Crippen LogP contribution in [0.15, 0.2) is 0 Å². The largest absolute Gasteiger partial charge is 0.457 e. The Morgan fingerprint density at radius 1 is 1.00 bits per heavy atom. The van der Waals surface area contributed by atoms with Crippen LogP contribution in [-0.2, 0) is 23.7 Å². The second-order valence-corrected chi connectivity index (χ2v) is 20.0. The van der Waals surface area contributed by atoms with Gasteiger partial charge in [-0.2, -0.15) is 0 Å². The van der Waals surface area contributed by atoms with Crippen LogP contribution < -0.4 is 0 Å². The summed E-state index contributed by atoms with van der Waals surface area (Å²) in [5, 5.41) is 23.7. The number of fused-ring (bicyclic) bond motifs is 4. The van der Waals surface area contributed by atoms with Crippen molar-refractivity contribution in [2.24, 2.45) is 50.7 Å². The van der Waals surface area contributed by atoms with E-state index in [1.165, 1.54) is 32.6 Å². The normalized spacial score (nSPS) is 51.7. The van der Waals surface area contributed by atoms with Crippen molar-refractivity contribution in [3.05, 3.63) is 0 Å². The molecular weight excluding hydrogens is 620 g/mol. The van der Waals surface area contributed by atoms with Gasteiger partial charge in [-0.15, -0.1) is 0 Å². The molecule has 278 valence electrons. The molecule has 3 unspecified atom stereocenters. The molecular formula is C40H66N2O7. The zero-order chi connectivity index (χ0) is 35.1. The Morgan fingerprint density at radius 2 is 1.69 bits per heavy atom. The van der Waals surface area contributed by atoms with Crippen LogP contribution in [-0.4, -0.2) is 114 Å². The molecule has 8 aliphatic rings. The number of aliphatic hydroxyl groups excluding tert-OH is 1. The second kappa shape index (κ2) is 11.3. The van der Waals surface area contributed by atoms with Gasteiger partial charge in [-0.05, 0) is 118 Å². The van der Waals surface area contributed by atoms with Crippen LogP contribution >= 0.6 is 0 Å². The minimum Gasteiger partial charge on any atom is -0.457 e. The van der Waals surface area contributed by atoms with Crippen LogP contribution in [0.2, 0.25) is 0 Å². The molecule has 0 amide bonds. The number of nitrogens with zero attached hydrogens (tertiary/aromatic N) is 2. The predicted octanol–water partition coefficient (Wildman–Crippen LogP) is 4.86. The van der Waals surface area contributed by atoms with Crippen molar-refractivity contribution < 1.29 is 34.0 Å². The van der Waals surface area contributed by atoms with E-state index in [0.717, 1.165) is 52.0 Å². The molecule has 0 aromatic rings. The van der Waals surface area contributed by atoms with Gasteiger partial charge in [0.25, 0.3) is 0 Å². The number of carbonyl (C=O) groups excluding carboxylic acids is 1. The molecule has 0 bridgehead atoms. The fraction of sp³-hybridized carbons (Fsp3) is 0.975. The Balaban J connectivity index is 1.02. The van der Waals surface area contributed by atoms with Crippen molar-refractivity contribution in [3.8, 4) is 0 Å². The lowest BCUT2D eigenvalue weighted by molar-refractivity contribution is -0.253. The van der Waals surface area contributed by atoms with Crippen LogP contribution in [0.4, 0.5) is 0 Å². The molecule has 49 heavy (non-hydrogen) atoms. The standard InChI is InChI=1S/C40H66N2O7/c1-23-18-26(34(36(5,6)45)47-24(2)43)48-32-31(23)37(7)14-15-40-22-39(40)13-12-29(49-30-21-42(16-17-46-30)25-19-41(9)20-25)35(3,4)27(39)10-11-28(40)38(37,8)33(32)44/h23,25-34,44-45H,10-22H2,1-9H3/t23-,26?,27+,28?,29+,30+,31+,32?,33+,34+,37-,38-,39-,40+/m1/s1. The Bertz CT molecular complexity index is 1310. The number of rotatable bonds is 6. The first-order chi connectivity index (χ1) is 22.9. The van der Waals surface area contributed by atoms with E-state index < -0.39 is 29.9 Å². The topological polar surface area (TPSA) is 101 Å². The van der Waals surface area contributed by atoms with E-state index in [9.17, 15) is 15.0 Å². The fourth-order valence-electron chi connectivity index (χ4n) is 14.7. The first-order valence-corrected chi connectivity index (χ1v) is 19.8. The SMILES string of the molecule is CC(=O)O[C@@H](C1C[C@@H](C)[C@H]2C(O1)[C@H](O)[C@@]1(C)C3CC[C@H]4C(C)(C)[C@@H](O[C@H]5CN(C6CN(C)C6)CCO5)CC[C@@]45C[C@@]35CC[C@]21C)C(C)(C)O. The summed E-state index contributed by atoms with van der Waals surface area (Å²) in [5.41, 5.74) is -0.909. The summed E-state index contributed by atoms with van der Waals surface area (Å²) in [7, 11) is 2.20. The lowest BCUT2D eigenvalue weighted by Gasteiger charge is -2.64. The van der Waals surface area contributed by atoms with E-state index in [0.29, 0.717) is 29.7 Å². The summed E-state index contributed by atoms with van der Waals surface area (Å²) >= 11 is 0. The zero-order valence-electron chi connectivity index (χ0n) is 31.9. The second-order valence-electron chi connectivity index (χ2n) is 20.0. The molecule has 8 fully saturated rings. The first-order valence-electron chi connectivity index (χ1n) is 19.8. The van der Waals surface area contributed by atoms with E-state index in [-0.39, 0.29) is 52.0 Å². The third kappa shape index (κ3) is 4.83. The van der Waals surface area contributed by atoms with Gasteiger partial charge >= 0.3 is 5.97 Å². The molecule has 0 radical (unpaired) electrons. The third-order valence-corrected chi connectivity index (χ3v) is 17.0. The van der Waals surface area contributed by atoms with Crippen LogP contribution in [0, 0.1) is 50.7 Å². The highest BCUT2D eigenvalue weighted by Crippen LogP contribution is 2.89. The van der Waals surface area contributed by atoms with Crippen molar-refractivity contribution in [2.45, 2.75) is 155 Å². The zero-order valence-corrected chi connectivity index (χ0v) is 31.9. The molecule has 0 aromatic heterocycles. The Morgan fingerprint density at radius 3 is 2.37 bits per heavy atom. The molecule has 14 atom stereocenters. The molecule has 2 spiro atoms. The molecule has 3 saturated heterocycles. The van der Waals surface area contributed by atoms with E-state index in [4.69, 9.17) is 18.9 Å². The molecule has 3 aliphatic heterocycles. The summed E-state index contributed by atoms with van der Waals surface area (Å²) in [5.74, 6) is 1.15. The monoisotopic (exact) mass is 686 g/mol. The molecule has 3 heterocycles. The minimum atomic E-state index is -1.25. The average Bonchev–Trinajstić information content (AvgIpc) is 3.64.